The fraction of sp³-hybridized carbons (Fsp3) is 0.588. The summed E-state index contributed by atoms with van der Waals surface area (Å²) in [7, 11) is 0. The predicted molar refractivity (Wildman–Crippen MR) is 91.4 cm³/mol. The monoisotopic (exact) mass is 402 g/mol. The van der Waals surface area contributed by atoms with E-state index in [9.17, 15) is 4.79 Å². The third kappa shape index (κ3) is 5.68. The molecule has 3 nitrogen and oxygen atoms in total. The van der Waals surface area contributed by atoms with Gasteiger partial charge < -0.3 is 9.47 Å². The van der Waals surface area contributed by atoms with E-state index in [4.69, 9.17) is 9.47 Å². The zero-order chi connectivity index (χ0) is 15.3. The van der Waals surface area contributed by atoms with Gasteiger partial charge in [-0.15, -0.1) is 0 Å². The van der Waals surface area contributed by atoms with Crippen LogP contribution in [0, 0.1) is 8.99 Å². The lowest BCUT2D eigenvalue weighted by Crippen LogP contribution is -2.37. The van der Waals surface area contributed by atoms with Crippen molar-refractivity contribution in [1.29, 1.82) is 0 Å². The Labute approximate surface area is 140 Å². The normalized spacial score (nSPS) is 18.6. The first-order chi connectivity index (χ1) is 9.96. The van der Waals surface area contributed by atoms with Crippen molar-refractivity contribution in [2.24, 2.45) is 5.41 Å². The van der Waals surface area contributed by atoms with Crippen LogP contribution in [-0.4, -0.2) is 25.3 Å². The van der Waals surface area contributed by atoms with Crippen molar-refractivity contribution in [2.45, 2.75) is 45.8 Å². The van der Waals surface area contributed by atoms with Gasteiger partial charge in [-0.1, -0.05) is 26.0 Å². The van der Waals surface area contributed by atoms with Crippen molar-refractivity contribution in [1.82, 2.24) is 0 Å². The molecule has 0 amide bonds. The molecule has 1 saturated heterocycles. The molecule has 0 unspecified atom stereocenters. The summed E-state index contributed by atoms with van der Waals surface area (Å²) < 4.78 is 12.5. The largest absolute Gasteiger partial charge is 0.352 e. The number of carbonyl (C=O) groups excluding carboxylic acids is 1. The molecular weight excluding hydrogens is 379 g/mol. The highest BCUT2D eigenvalue weighted by Gasteiger charge is 2.27. The maximum atomic E-state index is 12.1. The molecule has 1 aliphatic heterocycles. The number of ether oxygens (including phenoxy) is 2. The number of Topliss-reactive ketones (excluding diaryl/α,β-unsaturated/α-hetero) is 1. The van der Waals surface area contributed by atoms with Gasteiger partial charge >= 0.3 is 0 Å². The van der Waals surface area contributed by atoms with Crippen LogP contribution in [-0.2, 0) is 9.47 Å². The van der Waals surface area contributed by atoms with E-state index in [1.54, 1.807) is 0 Å². The summed E-state index contributed by atoms with van der Waals surface area (Å²) in [5, 5.41) is 0. The number of halogens is 1. The molecule has 4 heteroatoms. The molecule has 1 aliphatic rings. The first-order valence-corrected chi connectivity index (χ1v) is 8.56. The Hall–Kier alpha value is -0.460. The Morgan fingerprint density at radius 1 is 1.29 bits per heavy atom. The molecule has 0 aliphatic carbocycles. The van der Waals surface area contributed by atoms with Gasteiger partial charge in [0, 0.05) is 21.0 Å². The van der Waals surface area contributed by atoms with Gasteiger partial charge in [0.25, 0.3) is 0 Å². The van der Waals surface area contributed by atoms with E-state index in [1.807, 2.05) is 24.3 Å². The van der Waals surface area contributed by atoms with E-state index in [2.05, 4.69) is 36.4 Å². The number of hydrogen-bond donors (Lipinski definition) is 0. The molecule has 0 aromatic heterocycles. The summed E-state index contributed by atoms with van der Waals surface area (Å²) in [5.41, 5.74) is 0.936. The fourth-order valence-corrected chi connectivity index (χ4v) is 2.84. The van der Waals surface area contributed by atoms with Crippen LogP contribution in [0.15, 0.2) is 24.3 Å². The molecule has 0 saturated carbocycles. The van der Waals surface area contributed by atoms with Crippen molar-refractivity contribution in [3.05, 3.63) is 33.4 Å². The van der Waals surface area contributed by atoms with Gasteiger partial charge in [0.15, 0.2) is 12.1 Å². The Balaban J connectivity index is 1.65. The summed E-state index contributed by atoms with van der Waals surface area (Å²) >= 11 is 2.23. The van der Waals surface area contributed by atoms with Crippen LogP contribution in [0.4, 0.5) is 0 Å². The molecule has 0 bridgehead atoms. The van der Waals surface area contributed by atoms with Gasteiger partial charge in [-0.25, -0.2) is 0 Å². The van der Waals surface area contributed by atoms with E-state index in [0.29, 0.717) is 6.42 Å². The van der Waals surface area contributed by atoms with Gasteiger partial charge in [0.05, 0.1) is 13.2 Å². The van der Waals surface area contributed by atoms with Crippen LogP contribution in [0.5, 0.6) is 0 Å². The molecule has 0 atom stereocenters. The van der Waals surface area contributed by atoms with E-state index in [0.717, 1.165) is 41.6 Å². The molecule has 116 valence electrons. The zero-order valence-corrected chi connectivity index (χ0v) is 14.9. The predicted octanol–water partition coefficient (Wildman–Crippen LogP) is 4.43. The first-order valence-electron chi connectivity index (χ1n) is 7.48. The standard InChI is InChI=1S/C17H23IO3/c1-17(2)11-20-16(21-12-17)9-4-3-8-15(19)13-6-5-7-14(18)10-13/h5-7,10,16H,3-4,8-9,11-12H2,1-2H3. The fourth-order valence-electron chi connectivity index (χ4n) is 2.30. The summed E-state index contributed by atoms with van der Waals surface area (Å²) in [6.45, 7) is 5.78. The average molecular weight is 402 g/mol. The van der Waals surface area contributed by atoms with Gasteiger partial charge in [0.1, 0.15) is 0 Å². The lowest BCUT2D eigenvalue weighted by Gasteiger charge is -2.34. The molecule has 0 spiro atoms. The number of rotatable bonds is 6. The second-order valence-electron chi connectivity index (χ2n) is 6.40. The smallest absolute Gasteiger partial charge is 0.162 e. The summed E-state index contributed by atoms with van der Waals surface area (Å²) in [5.74, 6) is 0.222. The summed E-state index contributed by atoms with van der Waals surface area (Å²) in [6.07, 6.45) is 3.22. The highest BCUT2D eigenvalue weighted by molar-refractivity contribution is 14.1. The minimum atomic E-state index is -0.0919. The molecule has 1 heterocycles. The number of benzene rings is 1. The lowest BCUT2D eigenvalue weighted by atomic mass is 9.95. The second kappa shape index (κ2) is 7.70. The van der Waals surface area contributed by atoms with Crippen LogP contribution < -0.4 is 0 Å². The highest BCUT2D eigenvalue weighted by Crippen LogP contribution is 2.25. The molecule has 0 N–H and O–H groups in total. The SMILES string of the molecule is CC1(C)COC(CCCCC(=O)c2cccc(I)c2)OC1. The Kier molecular flexibility index (Phi) is 6.20. The van der Waals surface area contributed by atoms with E-state index in [-0.39, 0.29) is 17.5 Å². The third-order valence-corrected chi connectivity index (χ3v) is 4.23. The van der Waals surface area contributed by atoms with Crippen molar-refractivity contribution in [2.75, 3.05) is 13.2 Å². The maximum absolute atomic E-state index is 12.1. The van der Waals surface area contributed by atoms with Gasteiger partial charge in [0.2, 0.25) is 0 Å². The first kappa shape index (κ1) is 16.9. The minimum absolute atomic E-state index is 0.0919. The molecule has 1 aromatic carbocycles. The molecule has 1 fully saturated rings. The minimum Gasteiger partial charge on any atom is -0.352 e. The van der Waals surface area contributed by atoms with E-state index >= 15 is 0 Å². The number of unbranched alkanes of at least 4 members (excludes halogenated alkanes) is 1. The second-order valence-corrected chi connectivity index (χ2v) is 7.64. The number of carbonyl (C=O) groups is 1. The van der Waals surface area contributed by atoms with Crippen LogP contribution >= 0.6 is 22.6 Å². The highest BCUT2D eigenvalue weighted by atomic mass is 127. The number of hydrogen-bond acceptors (Lipinski definition) is 3. The van der Waals surface area contributed by atoms with E-state index < -0.39 is 0 Å². The van der Waals surface area contributed by atoms with Crippen LogP contribution in [0.2, 0.25) is 0 Å². The van der Waals surface area contributed by atoms with Crippen molar-refractivity contribution in [3.63, 3.8) is 0 Å². The van der Waals surface area contributed by atoms with Gasteiger partial charge in [-0.2, -0.15) is 0 Å². The molecule has 2 rings (SSSR count). The zero-order valence-electron chi connectivity index (χ0n) is 12.7. The van der Waals surface area contributed by atoms with Crippen molar-refractivity contribution < 1.29 is 14.3 Å². The van der Waals surface area contributed by atoms with Gasteiger partial charge in [-0.3, -0.25) is 4.79 Å². The number of ketones is 1. The molecular formula is C17H23IO3. The Morgan fingerprint density at radius 2 is 2.00 bits per heavy atom. The van der Waals surface area contributed by atoms with Crippen LogP contribution in [0.25, 0.3) is 0 Å². The molecule has 0 radical (unpaired) electrons. The van der Waals surface area contributed by atoms with Crippen molar-refractivity contribution >= 4 is 28.4 Å². The summed E-state index contributed by atoms with van der Waals surface area (Å²) in [6, 6.07) is 7.76. The topological polar surface area (TPSA) is 35.5 Å². The van der Waals surface area contributed by atoms with Crippen molar-refractivity contribution in [3.8, 4) is 0 Å². The van der Waals surface area contributed by atoms with Gasteiger partial charge in [-0.05, 0) is 54.0 Å². The van der Waals surface area contributed by atoms with Crippen LogP contribution in [0.3, 0.4) is 0 Å². The van der Waals surface area contributed by atoms with E-state index in [1.165, 1.54) is 0 Å². The third-order valence-electron chi connectivity index (χ3n) is 3.56. The quantitative estimate of drug-likeness (QED) is 0.401. The van der Waals surface area contributed by atoms with Crippen LogP contribution in [0.1, 0.15) is 49.9 Å². The average Bonchev–Trinajstić information content (AvgIpc) is 2.45. The molecule has 21 heavy (non-hydrogen) atoms. The maximum Gasteiger partial charge on any atom is 0.162 e. The summed E-state index contributed by atoms with van der Waals surface area (Å²) in [4.78, 5) is 12.1. The Bertz CT molecular complexity index is 475. The molecule has 1 aromatic rings. The Morgan fingerprint density at radius 3 is 2.67 bits per heavy atom. The lowest BCUT2D eigenvalue weighted by molar-refractivity contribution is -0.224.